The molecule has 5 amide bonds. The van der Waals surface area contributed by atoms with Crippen LogP contribution < -0.4 is 45.9 Å². The second-order valence-corrected chi connectivity index (χ2v) is 14.8. The Morgan fingerprint density at radius 2 is 1.05 bits per heavy atom. The van der Waals surface area contributed by atoms with E-state index in [4.69, 9.17) is 36.1 Å². The molecule has 17 nitrogen and oxygen atoms in total. The zero-order valence-corrected chi connectivity index (χ0v) is 35.2. The number of nitrogens with two attached hydrogens (primary N) is 3. The molecule has 2 fully saturated rings. The van der Waals surface area contributed by atoms with E-state index in [0.717, 1.165) is 11.1 Å². The number of anilines is 2. The van der Waals surface area contributed by atoms with Crippen molar-refractivity contribution in [1.82, 2.24) is 9.97 Å². The summed E-state index contributed by atoms with van der Waals surface area (Å²) in [7, 11) is 3.06. The van der Waals surface area contributed by atoms with Gasteiger partial charge in [0.2, 0.25) is 11.8 Å². The maximum absolute atomic E-state index is 12.7. The Kier molecular flexibility index (Phi) is 13.3. The number of hydrogen-bond donors (Lipinski definition) is 3. The number of ether oxygens (including phenoxy) is 4. The van der Waals surface area contributed by atoms with Crippen molar-refractivity contribution in [2.75, 3.05) is 37.1 Å². The number of primary amides is 3. The standard InChI is InChI=1S/C24H22N4O5.C24H20N4O4/c1-32-20-7-6-14(10-21(20)33-19-5-3-2-4-17(19)23(25)30)15-11-22(29)28(13-15)16-8-9-27-18(12-16)24(26)31;1-31-21-7-6-15(10-22(21)32-20-5-3-2-4-16(20)13-25)17-11-23(29)28(14-17)18-8-9-27-19(12-18)24(26)30/h2-10,12,15H,11,13H2,1H3,(H2,25,30)(H2,26,31);2-10,12,17H,11,14H2,1H3,(H2,26,30)/t15-;17-/m00/s1. The SMILES string of the molecule is COc1ccc([C@H]2CC(=O)N(c3ccnc(C(N)=O)c3)C2)cc1Oc1ccccc1C#N.COc1ccc([C@H]2CC(=O)N(c3ccnc(C(N)=O)c3)C2)cc1Oc1ccccc1C(N)=O. The number of para-hydroxylation sites is 2. The number of carbonyl (C=O) groups is 5. The summed E-state index contributed by atoms with van der Waals surface area (Å²) >= 11 is 0. The van der Waals surface area contributed by atoms with Crippen LogP contribution in [0.1, 0.15) is 72.7 Å². The highest BCUT2D eigenvalue weighted by atomic mass is 16.5. The summed E-state index contributed by atoms with van der Waals surface area (Å²) in [5.41, 5.74) is 19.8. The molecule has 0 radical (unpaired) electrons. The Hall–Kier alpha value is -8.78. The fourth-order valence-corrected chi connectivity index (χ4v) is 7.50. The Balaban J connectivity index is 0.000000194. The first-order valence-corrected chi connectivity index (χ1v) is 20.1. The van der Waals surface area contributed by atoms with Gasteiger partial charge in [-0.3, -0.25) is 33.9 Å². The van der Waals surface area contributed by atoms with E-state index >= 15 is 0 Å². The molecule has 4 heterocycles. The third-order valence-corrected chi connectivity index (χ3v) is 10.8. The van der Waals surface area contributed by atoms with Crippen LogP contribution in [0.5, 0.6) is 34.5 Å². The second-order valence-electron chi connectivity index (χ2n) is 14.8. The van der Waals surface area contributed by atoms with Crippen molar-refractivity contribution in [2.24, 2.45) is 17.2 Å². The smallest absolute Gasteiger partial charge is 0.267 e. The molecule has 0 unspecified atom stereocenters. The zero-order chi connectivity index (χ0) is 46.2. The number of nitrogens with zero attached hydrogens (tertiary/aromatic N) is 5. The van der Waals surface area contributed by atoms with Crippen molar-refractivity contribution < 1.29 is 42.9 Å². The molecule has 17 heteroatoms. The van der Waals surface area contributed by atoms with Crippen LogP contribution in [0.3, 0.4) is 0 Å². The molecule has 2 saturated heterocycles. The molecule has 0 spiro atoms. The van der Waals surface area contributed by atoms with Crippen molar-refractivity contribution in [2.45, 2.75) is 24.7 Å². The average Bonchev–Trinajstić information content (AvgIpc) is 3.91. The first-order chi connectivity index (χ1) is 31.4. The van der Waals surface area contributed by atoms with Gasteiger partial charge in [0.15, 0.2) is 23.0 Å². The van der Waals surface area contributed by atoms with Crippen molar-refractivity contribution in [3.63, 3.8) is 0 Å². The van der Waals surface area contributed by atoms with Gasteiger partial charge in [0.1, 0.15) is 29.0 Å². The van der Waals surface area contributed by atoms with Crippen LogP contribution in [0.2, 0.25) is 0 Å². The number of pyridine rings is 2. The van der Waals surface area contributed by atoms with E-state index in [1.807, 2.05) is 18.2 Å². The van der Waals surface area contributed by atoms with Crippen LogP contribution >= 0.6 is 0 Å². The van der Waals surface area contributed by atoms with E-state index in [1.54, 1.807) is 95.8 Å². The summed E-state index contributed by atoms with van der Waals surface area (Å²) in [6.45, 7) is 0.840. The topological polar surface area (TPSA) is 256 Å². The highest BCUT2D eigenvalue weighted by molar-refractivity contribution is 5.99. The minimum atomic E-state index is -0.659. The molecule has 0 aliphatic carbocycles. The van der Waals surface area contributed by atoms with Gasteiger partial charge < -0.3 is 45.9 Å². The van der Waals surface area contributed by atoms with Crippen molar-refractivity contribution >= 4 is 40.9 Å². The van der Waals surface area contributed by atoms with Crippen LogP contribution in [-0.2, 0) is 9.59 Å². The predicted molar refractivity (Wildman–Crippen MR) is 237 cm³/mol. The molecular weight excluding hydrogens is 833 g/mol. The summed E-state index contributed by atoms with van der Waals surface area (Å²) in [5.74, 6) is 0.294. The highest BCUT2D eigenvalue weighted by Gasteiger charge is 2.34. The van der Waals surface area contributed by atoms with Gasteiger partial charge in [0.05, 0.1) is 25.3 Å². The molecule has 6 aromatic rings. The quantitative estimate of drug-likeness (QED) is 0.121. The number of rotatable bonds is 13. The van der Waals surface area contributed by atoms with E-state index < -0.39 is 17.7 Å². The third kappa shape index (κ3) is 9.97. The number of amides is 5. The zero-order valence-electron chi connectivity index (χ0n) is 35.2. The molecule has 0 bridgehead atoms. The molecule has 2 aromatic heterocycles. The number of benzene rings is 4. The maximum atomic E-state index is 12.7. The van der Waals surface area contributed by atoms with Gasteiger partial charge in [-0.15, -0.1) is 0 Å². The molecule has 328 valence electrons. The van der Waals surface area contributed by atoms with E-state index in [9.17, 15) is 29.2 Å². The minimum absolute atomic E-state index is 0.0651. The van der Waals surface area contributed by atoms with Gasteiger partial charge in [-0.25, -0.2) is 0 Å². The lowest BCUT2D eigenvalue weighted by Crippen LogP contribution is -2.25. The van der Waals surface area contributed by atoms with E-state index in [-0.39, 0.29) is 47.0 Å². The maximum Gasteiger partial charge on any atom is 0.267 e. The minimum Gasteiger partial charge on any atom is -0.493 e. The van der Waals surface area contributed by atoms with E-state index in [2.05, 4.69) is 16.0 Å². The summed E-state index contributed by atoms with van der Waals surface area (Å²) < 4.78 is 22.8. The van der Waals surface area contributed by atoms with Gasteiger partial charge in [-0.1, -0.05) is 36.4 Å². The highest BCUT2D eigenvalue weighted by Crippen LogP contribution is 2.41. The number of methoxy groups -OCH3 is 2. The summed E-state index contributed by atoms with van der Waals surface area (Å²) in [6, 6.07) is 33.0. The molecule has 6 N–H and O–H groups in total. The van der Waals surface area contributed by atoms with Crippen LogP contribution in [0.15, 0.2) is 122 Å². The Labute approximate surface area is 372 Å². The van der Waals surface area contributed by atoms with Crippen LogP contribution in [0, 0.1) is 11.3 Å². The van der Waals surface area contributed by atoms with Crippen molar-refractivity contribution in [3.05, 3.63) is 155 Å². The fraction of sp³-hybridized carbons (Fsp3) is 0.167. The molecule has 2 aliphatic heterocycles. The second kappa shape index (κ2) is 19.5. The van der Waals surface area contributed by atoms with Crippen LogP contribution in [0.25, 0.3) is 0 Å². The van der Waals surface area contributed by atoms with Gasteiger partial charge in [-0.05, 0) is 83.9 Å². The fourth-order valence-electron chi connectivity index (χ4n) is 7.50. The molecule has 4 aromatic carbocycles. The molecule has 2 aliphatic rings. The number of nitriles is 1. The Morgan fingerprint density at radius 1 is 0.585 bits per heavy atom. The summed E-state index contributed by atoms with van der Waals surface area (Å²) in [4.78, 5) is 71.2. The normalized spacial score (nSPS) is 15.3. The average molecular weight is 875 g/mol. The molecular formula is C48H42N8O9. The van der Waals surface area contributed by atoms with E-state index in [1.165, 1.54) is 31.6 Å². The predicted octanol–water partition coefficient (Wildman–Crippen LogP) is 5.97. The van der Waals surface area contributed by atoms with Crippen molar-refractivity contribution in [1.29, 1.82) is 5.26 Å². The molecule has 2 atom stereocenters. The lowest BCUT2D eigenvalue weighted by molar-refractivity contribution is -0.118. The Morgan fingerprint density at radius 3 is 1.51 bits per heavy atom. The van der Waals surface area contributed by atoms with Crippen molar-refractivity contribution in [3.8, 4) is 40.6 Å². The first kappa shape index (κ1) is 44.3. The van der Waals surface area contributed by atoms with Crippen LogP contribution in [-0.4, -0.2) is 66.8 Å². The molecule has 65 heavy (non-hydrogen) atoms. The number of hydrogen-bond acceptors (Lipinski definition) is 12. The lowest BCUT2D eigenvalue weighted by atomic mass is 9.98. The summed E-state index contributed by atoms with van der Waals surface area (Å²) in [5, 5.41) is 9.33. The largest absolute Gasteiger partial charge is 0.493 e. The van der Waals surface area contributed by atoms with Gasteiger partial charge in [-0.2, -0.15) is 5.26 Å². The Bertz CT molecular complexity index is 2860. The van der Waals surface area contributed by atoms with Gasteiger partial charge in [0, 0.05) is 61.5 Å². The lowest BCUT2D eigenvalue weighted by Gasteiger charge is -2.18. The monoisotopic (exact) mass is 874 g/mol. The molecule has 8 rings (SSSR count). The van der Waals surface area contributed by atoms with E-state index in [0.29, 0.717) is 70.9 Å². The van der Waals surface area contributed by atoms with Gasteiger partial charge >= 0.3 is 0 Å². The first-order valence-electron chi connectivity index (χ1n) is 20.1. The number of aromatic nitrogens is 2. The summed E-state index contributed by atoms with van der Waals surface area (Å²) in [6.07, 6.45) is 3.49. The number of carbonyl (C=O) groups excluding carboxylic acids is 5. The van der Waals surface area contributed by atoms with Crippen LogP contribution in [0.4, 0.5) is 11.4 Å². The third-order valence-electron chi connectivity index (χ3n) is 10.8. The molecule has 0 saturated carbocycles. The van der Waals surface area contributed by atoms with Gasteiger partial charge in [0.25, 0.3) is 17.7 Å².